The summed E-state index contributed by atoms with van der Waals surface area (Å²) in [5, 5.41) is 0. The first kappa shape index (κ1) is 19.7. The van der Waals surface area contributed by atoms with Crippen molar-refractivity contribution < 1.29 is 9.53 Å². The normalized spacial score (nSPS) is 13.9. The van der Waals surface area contributed by atoms with Gasteiger partial charge in [0.2, 0.25) is 0 Å². The van der Waals surface area contributed by atoms with Crippen LogP contribution in [-0.4, -0.2) is 16.6 Å². The van der Waals surface area contributed by atoms with Crippen molar-refractivity contribution in [2.75, 3.05) is 0 Å². The average molecular weight is 319 g/mol. The van der Waals surface area contributed by atoms with Crippen LogP contribution in [0.15, 0.2) is 24.5 Å². The monoisotopic (exact) mass is 319 g/mol. The Balaban J connectivity index is 2.75. The number of ether oxygens (including phenoxy) is 1. The molecule has 0 saturated carbocycles. The lowest BCUT2D eigenvalue weighted by Gasteiger charge is -2.30. The van der Waals surface area contributed by atoms with Gasteiger partial charge in [-0.05, 0) is 83.4 Å². The van der Waals surface area contributed by atoms with Crippen molar-refractivity contribution >= 4 is 5.97 Å². The predicted octanol–water partition coefficient (Wildman–Crippen LogP) is 5.36. The molecular formula is C20H33NO2. The molecule has 0 aromatic carbocycles. The molecule has 0 N–H and O–H groups in total. The lowest BCUT2D eigenvalue weighted by Crippen LogP contribution is -2.34. The molecule has 0 amide bonds. The quantitative estimate of drug-likeness (QED) is 0.635. The highest BCUT2D eigenvalue weighted by Crippen LogP contribution is 2.34. The number of hydrogen-bond donors (Lipinski definition) is 0. The molecule has 1 rings (SSSR count). The van der Waals surface area contributed by atoms with Crippen LogP contribution in [0.4, 0.5) is 0 Å². The third-order valence-corrected chi connectivity index (χ3v) is 4.00. The number of carbonyl (C=O) groups excluding carboxylic acids is 1. The van der Waals surface area contributed by atoms with Crippen molar-refractivity contribution in [1.29, 1.82) is 0 Å². The van der Waals surface area contributed by atoms with Crippen LogP contribution in [0.5, 0.6) is 0 Å². The van der Waals surface area contributed by atoms with Gasteiger partial charge in [-0.1, -0.05) is 13.8 Å². The Labute approximate surface area is 141 Å². The van der Waals surface area contributed by atoms with Crippen molar-refractivity contribution in [1.82, 2.24) is 4.98 Å². The van der Waals surface area contributed by atoms with Crippen molar-refractivity contribution in [3.05, 3.63) is 30.1 Å². The van der Waals surface area contributed by atoms with Gasteiger partial charge in [-0.3, -0.25) is 9.78 Å². The Morgan fingerprint density at radius 1 is 1.13 bits per heavy atom. The van der Waals surface area contributed by atoms with E-state index in [2.05, 4.69) is 31.0 Å². The van der Waals surface area contributed by atoms with Gasteiger partial charge in [0.15, 0.2) is 0 Å². The lowest BCUT2D eigenvalue weighted by atomic mass is 9.80. The Hall–Kier alpha value is -1.38. The molecule has 3 heteroatoms. The van der Waals surface area contributed by atoms with Crippen LogP contribution in [-0.2, 0) is 9.53 Å². The highest BCUT2D eigenvalue weighted by molar-refractivity contribution is 5.76. The number of nitrogens with zero attached hydrogens (tertiary/aromatic N) is 1. The molecule has 0 radical (unpaired) electrons. The summed E-state index contributed by atoms with van der Waals surface area (Å²) in [5.41, 5.74) is 0.417. The maximum atomic E-state index is 12.4. The topological polar surface area (TPSA) is 39.2 Å². The number of aromatic nitrogens is 1. The molecule has 1 unspecified atom stereocenters. The number of hydrogen-bond acceptors (Lipinski definition) is 3. The molecule has 1 heterocycles. The van der Waals surface area contributed by atoms with Crippen LogP contribution >= 0.6 is 0 Å². The van der Waals surface area contributed by atoms with Crippen LogP contribution in [0, 0.1) is 11.3 Å². The summed E-state index contributed by atoms with van der Waals surface area (Å²) in [7, 11) is 0. The van der Waals surface area contributed by atoms with Gasteiger partial charge < -0.3 is 4.74 Å². The van der Waals surface area contributed by atoms with E-state index in [0.29, 0.717) is 11.8 Å². The summed E-state index contributed by atoms with van der Waals surface area (Å²) in [6.07, 6.45) is 6.62. The Morgan fingerprint density at radius 2 is 1.70 bits per heavy atom. The molecular weight excluding hydrogens is 286 g/mol. The Morgan fingerprint density at radius 3 is 2.17 bits per heavy atom. The van der Waals surface area contributed by atoms with Crippen LogP contribution in [0.2, 0.25) is 0 Å². The SMILES string of the molecule is CC(C)CC(CCC(C)(C)C(=O)OC(C)(C)C)c1ccncc1. The third-order valence-electron chi connectivity index (χ3n) is 4.00. The zero-order valence-corrected chi connectivity index (χ0v) is 15.8. The molecule has 0 aliphatic rings. The summed E-state index contributed by atoms with van der Waals surface area (Å²) in [4.78, 5) is 16.5. The summed E-state index contributed by atoms with van der Waals surface area (Å²) in [5.74, 6) is 0.973. The smallest absolute Gasteiger partial charge is 0.312 e. The van der Waals surface area contributed by atoms with E-state index in [4.69, 9.17) is 4.74 Å². The van der Waals surface area contributed by atoms with Gasteiger partial charge in [0.05, 0.1) is 5.41 Å². The van der Waals surface area contributed by atoms with Crippen LogP contribution in [0.3, 0.4) is 0 Å². The molecule has 23 heavy (non-hydrogen) atoms. The molecule has 0 saturated heterocycles. The molecule has 0 aliphatic heterocycles. The molecule has 0 bridgehead atoms. The van der Waals surface area contributed by atoms with E-state index in [-0.39, 0.29) is 5.97 Å². The highest BCUT2D eigenvalue weighted by Gasteiger charge is 2.33. The minimum atomic E-state index is -0.463. The summed E-state index contributed by atoms with van der Waals surface area (Å²) in [6.45, 7) is 14.2. The predicted molar refractivity (Wildman–Crippen MR) is 95.3 cm³/mol. The maximum absolute atomic E-state index is 12.4. The number of rotatable bonds is 7. The van der Waals surface area contributed by atoms with Crippen molar-refractivity contribution in [3.8, 4) is 0 Å². The third kappa shape index (κ3) is 7.15. The van der Waals surface area contributed by atoms with E-state index in [0.717, 1.165) is 19.3 Å². The highest BCUT2D eigenvalue weighted by atomic mass is 16.6. The van der Waals surface area contributed by atoms with E-state index >= 15 is 0 Å². The van der Waals surface area contributed by atoms with E-state index in [1.165, 1.54) is 5.56 Å². The van der Waals surface area contributed by atoms with Gasteiger partial charge in [0.1, 0.15) is 5.60 Å². The molecule has 0 spiro atoms. The number of esters is 1. The van der Waals surface area contributed by atoms with E-state index < -0.39 is 11.0 Å². The van der Waals surface area contributed by atoms with Crippen LogP contribution < -0.4 is 0 Å². The molecule has 3 nitrogen and oxygen atoms in total. The second-order valence-electron chi connectivity index (χ2n) is 8.53. The molecule has 1 aromatic heterocycles. The standard InChI is InChI=1S/C20H33NO2/c1-15(2)14-17(16-9-12-21-13-10-16)8-11-20(6,7)18(22)23-19(3,4)5/h9-10,12-13,15,17H,8,11,14H2,1-7H3. The van der Waals surface area contributed by atoms with Gasteiger partial charge in [-0.25, -0.2) is 0 Å². The molecule has 0 aliphatic carbocycles. The summed E-state index contributed by atoms with van der Waals surface area (Å²) >= 11 is 0. The number of pyridine rings is 1. The summed E-state index contributed by atoms with van der Waals surface area (Å²) in [6, 6.07) is 4.18. The van der Waals surface area contributed by atoms with Gasteiger partial charge >= 0.3 is 5.97 Å². The first-order chi connectivity index (χ1) is 10.5. The average Bonchev–Trinajstić information content (AvgIpc) is 2.42. The lowest BCUT2D eigenvalue weighted by molar-refractivity contribution is -0.166. The first-order valence-electron chi connectivity index (χ1n) is 8.64. The van der Waals surface area contributed by atoms with E-state index in [1.54, 1.807) is 0 Å². The summed E-state index contributed by atoms with van der Waals surface area (Å²) < 4.78 is 5.57. The molecule has 0 fully saturated rings. The van der Waals surface area contributed by atoms with E-state index in [9.17, 15) is 4.79 Å². The van der Waals surface area contributed by atoms with Gasteiger partial charge in [0.25, 0.3) is 0 Å². The Kier molecular flexibility index (Phi) is 6.79. The van der Waals surface area contributed by atoms with Crippen molar-refractivity contribution in [3.63, 3.8) is 0 Å². The molecule has 1 aromatic rings. The van der Waals surface area contributed by atoms with Gasteiger partial charge in [-0.15, -0.1) is 0 Å². The fourth-order valence-electron chi connectivity index (χ4n) is 2.68. The second kappa shape index (κ2) is 7.94. The minimum absolute atomic E-state index is 0.108. The maximum Gasteiger partial charge on any atom is 0.312 e. The van der Waals surface area contributed by atoms with Gasteiger partial charge in [-0.2, -0.15) is 0 Å². The Bertz CT molecular complexity index is 486. The van der Waals surface area contributed by atoms with Crippen molar-refractivity contribution in [2.45, 2.75) is 79.2 Å². The van der Waals surface area contributed by atoms with Crippen LogP contribution in [0.25, 0.3) is 0 Å². The fraction of sp³-hybridized carbons (Fsp3) is 0.700. The molecule has 130 valence electrons. The minimum Gasteiger partial charge on any atom is -0.460 e. The zero-order chi connectivity index (χ0) is 17.7. The first-order valence-corrected chi connectivity index (χ1v) is 8.64. The second-order valence-corrected chi connectivity index (χ2v) is 8.53. The largest absolute Gasteiger partial charge is 0.460 e. The fourth-order valence-corrected chi connectivity index (χ4v) is 2.68. The van der Waals surface area contributed by atoms with E-state index in [1.807, 2.05) is 47.0 Å². The molecule has 1 atom stereocenters. The zero-order valence-electron chi connectivity index (χ0n) is 15.8. The van der Waals surface area contributed by atoms with Gasteiger partial charge in [0, 0.05) is 12.4 Å². The number of carbonyl (C=O) groups is 1. The van der Waals surface area contributed by atoms with Crippen molar-refractivity contribution in [2.24, 2.45) is 11.3 Å². The van der Waals surface area contributed by atoms with Crippen LogP contribution in [0.1, 0.15) is 79.2 Å².